The van der Waals surface area contributed by atoms with Gasteiger partial charge in [-0.05, 0) is 0 Å². The van der Waals surface area contributed by atoms with Crippen LogP contribution in [-0.4, -0.2) is 75.2 Å². The Balaban J connectivity index is 2.39. The van der Waals surface area contributed by atoms with Gasteiger partial charge in [-0.1, -0.05) is 0 Å². The average Bonchev–Trinajstić information content (AvgIpc) is 2.30. The molecule has 1 fully saturated rings. The number of carbonyl (C=O) groups excluding carboxylic acids is 2. The monoisotopic (exact) mass is 230 g/mol. The van der Waals surface area contributed by atoms with Crippen LogP contribution in [0.1, 0.15) is 0 Å². The summed E-state index contributed by atoms with van der Waals surface area (Å²) in [5.74, 6) is 0. The summed E-state index contributed by atoms with van der Waals surface area (Å²) >= 11 is 0. The number of carbonyl (C=O) groups is 2. The lowest BCUT2D eigenvalue weighted by molar-refractivity contribution is -0.123. The Bertz CT molecular complexity index is 191. The standard InChI is InChI=1S/C10H18N2O4/c13-9-11-1-2-12(10-14)4-6-16-8-7-15-5-3-11/h9-10H,1-8H2. The molecular weight excluding hydrogens is 212 g/mol. The summed E-state index contributed by atoms with van der Waals surface area (Å²) in [6.45, 7) is 4.22. The van der Waals surface area contributed by atoms with E-state index in [2.05, 4.69) is 0 Å². The fourth-order valence-electron chi connectivity index (χ4n) is 1.38. The van der Waals surface area contributed by atoms with Crippen LogP contribution in [0.3, 0.4) is 0 Å². The number of nitrogens with zero attached hydrogens (tertiary/aromatic N) is 2. The van der Waals surface area contributed by atoms with Gasteiger partial charge in [0.15, 0.2) is 0 Å². The maximum atomic E-state index is 10.7. The topological polar surface area (TPSA) is 59.1 Å². The van der Waals surface area contributed by atoms with E-state index in [4.69, 9.17) is 9.47 Å². The molecule has 1 aliphatic rings. The van der Waals surface area contributed by atoms with E-state index in [-0.39, 0.29) is 0 Å². The first-order valence-corrected chi connectivity index (χ1v) is 5.41. The summed E-state index contributed by atoms with van der Waals surface area (Å²) in [7, 11) is 0. The molecule has 16 heavy (non-hydrogen) atoms. The second kappa shape index (κ2) is 8.06. The van der Waals surface area contributed by atoms with Crippen LogP contribution in [0.15, 0.2) is 0 Å². The van der Waals surface area contributed by atoms with E-state index in [0.29, 0.717) is 52.6 Å². The van der Waals surface area contributed by atoms with E-state index in [1.54, 1.807) is 9.80 Å². The van der Waals surface area contributed by atoms with E-state index in [1.165, 1.54) is 0 Å². The van der Waals surface area contributed by atoms with Crippen molar-refractivity contribution in [2.24, 2.45) is 0 Å². The van der Waals surface area contributed by atoms with Crippen LogP contribution in [0.25, 0.3) is 0 Å². The Morgan fingerprint density at radius 1 is 0.688 bits per heavy atom. The summed E-state index contributed by atoms with van der Waals surface area (Å²) in [6, 6.07) is 0. The predicted octanol–water partition coefficient (Wildman–Crippen LogP) is -1.05. The first-order chi connectivity index (χ1) is 7.86. The van der Waals surface area contributed by atoms with E-state index in [0.717, 1.165) is 12.8 Å². The zero-order valence-corrected chi connectivity index (χ0v) is 9.34. The fourth-order valence-corrected chi connectivity index (χ4v) is 1.38. The van der Waals surface area contributed by atoms with E-state index >= 15 is 0 Å². The SMILES string of the molecule is O=CN1CCOCCOCCN(C=O)CC1. The highest BCUT2D eigenvalue weighted by Gasteiger charge is 2.07. The second-order valence-corrected chi connectivity index (χ2v) is 3.51. The molecule has 0 aromatic rings. The van der Waals surface area contributed by atoms with Crippen molar-refractivity contribution in [3.8, 4) is 0 Å². The molecule has 0 bridgehead atoms. The molecular formula is C10H18N2O4. The first-order valence-electron chi connectivity index (χ1n) is 5.41. The van der Waals surface area contributed by atoms with Crippen LogP contribution in [0.5, 0.6) is 0 Å². The molecule has 0 aliphatic carbocycles. The van der Waals surface area contributed by atoms with Crippen LogP contribution in [0.4, 0.5) is 0 Å². The van der Waals surface area contributed by atoms with Crippen LogP contribution >= 0.6 is 0 Å². The summed E-state index contributed by atoms with van der Waals surface area (Å²) in [6.07, 6.45) is 1.57. The summed E-state index contributed by atoms with van der Waals surface area (Å²) in [4.78, 5) is 24.6. The number of hydrogen-bond donors (Lipinski definition) is 0. The summed E-state index contributed by atoms with van der Waals surface area (Å²) < 4.78 is 10.6. The largest absolute Gasteiger partial charge is 0.377 e. The summed E-state index contributed by atoms with van der Waals surface area (Å²) in [5, 5.41) is 0. The molecule has 0 aromatic carbocycles. The smallest absolute Gasteiger partial charge is 0.209 e. The van der Waals surface area contributed by atoms with E-state index in [9.17, 15) is 9.59 Å². The molecule has 0 atom stereocenters. The third kappa shape index (κ3) is 5.09. The Labute approximate surface area is 95.1 Å². The maximum absolute atomic E-state index is 10.7. The van der Waals surface area contributed by atoms with Gasteiger partial charge in [0.1, 0.15) is 0 Å². The number of rotatable bonds is 2. The number of hydrogen-bond acceptors (Lipinski definition) is 4. The number of ether oxygens (including phenoxy) is 2. The Kier molecular flexibility index (Phi) is 6.52. The van der Waals surface area contributed by atoms with Gasteiger partial charge in [0.25, 0.3) is 0 Å². The highest BCUT2D eigenvalue weighted by Crippen LogP contribution is 1.91. The third-order valence-corrected chi connectivity index (χ3v) is 2.39. The summed E-state index contributed by atoms with van der Waals surface area (Å²) in [5.41, 5.74) is 0. The molecule has 92 valence electrons. The maximum Gasteiger partial charge on any atom is 0.209 e. The van der Waals surface area contributed by atoms with Gasteiger partial charge in [-0.3, -0.25) is 9.59 Å². The van der Waals surface area contributed by atoms with E-state index < -0.39 is 0 Å². The van der Waals surface area contributed by atoms with Gasteiger partial charge < -0.3 is 19.3 Å². The number of amides is 2. The minimum Gasteiger partial charge on any atom is -0.377 e. The quantitative estimate of drug-likeness (QED) is 0.568. The Morgan fingerprint density at radius 2 is 1.12 bits per heavy atom. The fraction of sp³-hybridized carbons (Fsp3) is 0.800. The molecule has 1 heterocycles. The molecule has 0 spiro atoms. The molecule has 6 heteroatoms. The molecule has 0 saturated carbocycles. The molecule has 1 saturated heterocycles. The van der Waals surface area contributed by atoms with Gasteiger partial charge in [-0.25, -0.2) is 0 Å². The van der Waals surface area contributed by atoms with Crippen molar-refractivity contribution in [2.75, 3.05) is 52.6 Å². The van der Waals surface area contributed by atoms with Crippen LogP contribution in [0.2, 0.25) is 0 Å². The van der Waals surface area contributed by atoms with Gasteiger partial charge in [-0.2, -0.15) is 0 Å². The van der Waals surface area contributed by atoms with Crippen LogP contribution in [-0.2, 0) is 19.1 Å². The third-order valence-electron chi connectivity index (χ3n) is 2.39. The molecule has 0 aromatic heterocycles. The molecule has 1 aliphatic heterocycles. The zero-order chi connectivity index (χ0) is 11.6. The van der Waals surface area contributed by atoms with Gasteiger partial charge in [0, 0.05) is 26.2 Å². The van der Waals surface area contributed by atoms with Gasteiger partial charge in [0.2, 0.25) is 12.8 Å². The molecule has 1 rings (SSSR count). The molecule has 0 unspecified atom stereocenters. The molecule has 0 radical (unpaired) electrons. The van der Waals surface area contributed by atoms with E-state index in [1.807, 2.05) is 0 Å². The van der Waals surface area contributed by atoms with Crippen molar-refractivity contribution in [1.82, 2.24) is 9.80 Å². The van der Waals surface area contributed by atoms with Crippen molar-refractivity contribution in [3.05, 3.63) is 0 Å². The lowest BCUT2D eigenvalue weighted by atomic mass is 10.4. The second-order valence-electron chi connectivity index (χ2n) is 3.51. The highest BCUT2D eigenvalue weighted by molar-refractivity contribution is 5.48. The van der Waals surface area contributed by atoms with Gasteiger partial charge >= 0.3 is 0 Å². The molecule has 2 amide bonds. The zero-order valence-electron chi connectivity index (χ0n) is 9.34. The van der Waals surface area contributed by atoms with Crippen LogP contribution in [0, 0.1) is 0 Å². The van der Waals surface area contributed by atoms with Crippen LogP contribution < -0.4 is 0 Å². The predicted molar refractivity (Wildman–Crippen MR) is 56.9 cm³/mol. The normalized spacial score (nSPS) is 20.8. The van der Waals surface area contributed by atoms with Crippen molar-refractivity contribution >= 4 is 12.8 Å². The lowest BCUT2D eigenvalue weighted by Crippen LogP contribution is -2.37. The Hall–Kier alpha value is -1.14. The average molecular weight is 230 g/mol. The molecule has 6 nitrogen and oxygen atoms in total. The van der Waals surface area contributed by atoms with Crippen molar-refractivity contribution < 1.29 is 19.1 Å². The molecule has 0 N–H and O–H groups in total. The minimum absolute atomic E-state index is 0.503. The first kappa shape index (κ1) is 12.9. The minimum atomic E-state index is 0.503. The van der Waals surface area contributed by atoms with Crippen molar-refractivity contribution in [3.63, 3.8) is 0 Å². The Morgan fingerprint density at radius 3 is 1.50 bits per heavy atom. The van der Waals surface area contributed by atoms with Crippen molar-refractivity contribution in [2.45, 2.75) is 0 Å². The van der Waals surface area contributed by atoms with Crippen molar-refractivity contribution in [1.29, 1.82) is 0 Å². The van der Waals surface area contributed by atoms with Gasteiger partial charge in [0.05, 0.1) is 26.4 Å². The highest BCUT2D eigenvalue weighted by atomic mass is 16.5. The van der Waals surface area contributed by atoms with Gasteiger partial charge in [-0.15, -0.1) is 0 Å². The lowest BCUT2D eigenvalue weighted by Gasteiger charge is -2.23.